The Morgan fingerprint density at radius 1 is 0.927 bits per heavy atom. The van der Waals surface area contributed by atoms with E-state index < -0.39 is 53.6 Å². The minimum absolute atomic E-state index is 0. The molecule has 0 bridgehead atoms. The zero-order valence-electron chi connectivity index (χ0n) is 22.2. The van der Waals surface area contributed by atoms with Crippen LogP contribution in [0.4, 0.5) is 30.7 Å². The summed E-state index contributed by atoms with van der Waals surface area (Å²) in [6, 6.07) is 6.81. The van der Waals surface area contributed by atoms with Crippen molar-refractivity contribution in [1.29, 1.82) is 0 Å². The summed E-state index contributed by atoms with van der Waals surface area (Å²) in [5.74, 6) is -2.35. The average molecular weight is 610 g/mol. The first kappa shape index (κ1) is 32.7. The van der Waals surface area contributed by atoms with Crippen molar-refractivity contribution in [2.75, 3.05) is 33.2 Å². The van der Waals surface area contributed by atoms with Gasteiger partial charge >= 0.3 is 12.4 Å². The molecule has 0 aromatic heterocycles. The molecule has 2 amide bonds. The number of alkyl halides is 6. The lowest BCUT2D eigenvalue weighted by atomic mass is 9.79. The second-order valence-electron chi connectivity index (χ2n) is 10.5. The van der Waals surface area contributed by atoms with Gasteiger partial charge in [-0.15, -0.1) is 12.4 Å². The minimum Gasteiger partial charge on any atom is -0.342 e. The van der Waals surface area contributed by atoms with E-state index in [0.29, 0.717) is 30.5 Å². The zero-order valence-corrected chi connectivity index (χ0v) is 23.0. The molecule has 226 valence electrons. The number of nitrogens with zero attached hydrogens (tertiary/aromatic N) is 2. The second kappa shape index (κ2) is 13.0. The highest BCUT2D eigenvalue weighted by molar-refractivity contribution is 5.85. The Morgan fingerprint density at radius 2 is 1.49 bits per heavy atom. The number of hydrogen-bond acceptors (Lipinski definition) is 3. The highest BCUT2D eigenvalue weighted by Gasteiger charge is 2.40. The molecule has 0 spiro atoms. The first-order chi connectivity index (χ1) is 18.7. The monoisotopic (exact) mass is 609 g/mol. The van der Waals surface area contributed by atoms with Crippen LogP contribution in [0, 0.1) is 17.7 Å². The fraction of sp³-hybridized carbons (Fsp3) is 0.500. The third-order valence-electron chi connectivity index (χ3n) is 7.67. The normalized spacial score (nSPS) is 20.3. The van der Waals surface area contributed by atoms with E-state index in [4.69, 9.17) is 0 Å². The molecule has 2 fully saturated rings. The van der Waals surface area contributed by atoms with Crippen LogP contribution in [0.5, 0.6) is 0 Å². The predicted molar refractivity (Wildman–Crippen MR) is 140 cm³/mol. The molecule has 0 aliphatic carbocycles. The van der Waals surface area contributed by atoms with Crippen molar-refractivity contribution in [2.24, 2.45) is 11.8 Å². The third-order valence-corrected chi connectivity index (χ3v) is 7.67. The SMILES string of the molecule is CN(Cc1cc(C(F)(F)F)cc(C(F)(F)F)c1)C(=O)C1CCN(C(=O)C2CCNCC2)CC1c1ccc(F)cc1.Cl. The molecule has 0 radical (unpaired) electrons. The molecule has 2 aromatic carbocycles. The number of likely N-dealkylation sites (tertiary alicyclic amines) is 1. The summed E-state index contributed by atoms with van der Waals surface area (Å²) < 4.78 is 93.6. The fourth-order valence-electron chi connectivity index (χ4n) is 5.57. The number of carbonyl (C=O) groups excluding carboxylic acids is 2. The van der Waals surface area contributed by atoms with Gasteiger partial charge in [0.05, 0.1) is 11.1 Å². The number of hydrogen-bond donors (Lipinski definition) is 1. The molecule has 13 heteroatoms. The number of carbonyl (C=O) groups is 2. The number of benzene rings is 2. The molecule has 1 N–H and O–H groups in total. The van der Waals surface area contributed by atoms with Crippen molar-refractivity contribution >= 4 is 24.2 Å². The van der Waals surface area contributed by atoms with Crippen molar-refractivity contribution in [2.45, 2.75) is 44.1 Å². The number of rotatable bonds is 5. The van der Waals surface area contributed by atoms with Crippen LogP contribution < -0.4 is 5.32 Å². The van der Waals surface area contributed by atoms with Gasteiger partial charge in [0, 0.05) is 44.4 Å². The number of nitrogens with one attached hydrogen (secondary N) is 1. The van der Waals surface area contributed by atoms with Gasteiger partial charge in [0.2, 0.25) is 11.8 Å². The van der Waals surface area contributed by atoms with Crippen LogP contribution in [-0.4, -0.2) is 54.8 Å². The average Bonchev–Trinajstić information content (AvgIpc) is 2.91. The lowest BCUT2D eigenvalue weighted by molar-refractivity contribution is -0.144. The topological polar surface area (TPSA) is 52.7 Å². The maximum Gasteiger partial charge on any atom is 0.416 e. The lowest BCUT2D eigenvalue weighted by Crippen LogP contribution is -2.50. The quantitative estimate of drug-likeness (QED) is 0.431. The molecule has 2 heterocycles. The van der Waals surface area contributed by atoms with Crippen molar-refractivity contribution < 1.29 is 40.3 Å². The maximum absolute atomic E-state index is 13.7. The predicted octanol–water partition coefficient (Wildman–Crippen LogP) is 5.88. The molecule has 2 aliphatic heterocycles. The molecule has 41 heavy (non-hydrogen) atoms. The summed E-state index contributed by atoms with van der Waals surface area (Å²) in [5, 5.41) is 3.21. The number of amides is 2. The first-order valence-electron chi connectivity index (χ1n) is 13.0. The minimum atomic E-state index is -5.00. The fourth-order valence-corrected chi connectivity index (χ4v) is 5.57. The Hall–Kier alpha value is -2.86. The van der Waals surface area contributed by atoms with E-state index in [1.54, 1.807) is 4.90 Å². The standard InChI is InChI=1S/C28H30F7N3O2.ClH/c1-37(15-17-12-20(27(30,31)32)14-21(13-17)28(33,34)35)26(40)23-8-11-38(25(39)19-6-9-36-10-7-19)16-24(23)18-2-4-22(29)5-3-18;/h2-5,12-14,19,23-24,36H,6-11,15-16H2,1H3;1H. The van der Waals surface area contributed by atoms with Gasteiger partial charge in [0.25, 0.3) is 0 Å². The maximum atomic E-state index is 13.7. The molecule has 0 saturated carbocycles. The Bertz CT molecular complexity index is 1180. The van der Waals surface area contributed by atoms with Crippen molar-refractivity contribution in [1.82, 2.24) is 15.1 Å². The Kier molecular flexibility index (Phi) is 10.3. The van der Waals surface area contributed by atoms with Gasteiger partial charge in [-0.05, 0) is 73.8 Å². The molecule has 2 atom stereocenters. The van der Waals surface area contributed by atoms with Gasteiger partial charge in [-0.1, -0.05) is 12.1 Å². The van der Waals surface area contributed by atoms with Crippen LogP contribution in [0.25, 0.3) is 0 Å². The van der Waals surface area contributed by atoms with Gasteiger partial charge in [-0.25, -0.2) is 4.39 Å². The summed E-state index contributed by atoms with van der Waals surface area (Å²) in [5.41, 5.74) is -2.59. The summed E-state index contributed by atoms with van der Waals surface area (Å²) in [6.45, 7) is 1.45. The molecule has 2 aromatic rings. The van der Waals surface area contributed by atoms with E-state index in [-0.39, 0.29) is 55.4 Å². The molecular weight excluding hydrogens is 579 g/mol. The number of halogens is 8. The van der Waals surface area contributed by atoms with Crippen LogP contribution in [0.15, 0.2) is 42.5 Å². The van der Waals surface area contributed by atoms with Crippen LogP contribution in [0.2, 0.25) is 0 Å². The molecule has 4 rings (SSSR count). The molecule has 2 saturated heterocycles. The van der Waals surface area contributed by atoms with E-state index in [0.717, 1.165) is 18.0 Å². The van der Waals surface area contributed by atoms with Crippen molar-refractivity contribution in [3.8, 4) is 0 Å². The largest absolute Gasteiger partial charge is 0.416 e. The van der Waals surface area contributed by atoms with Gasteiger partial charge in [0.1, 0.15) is 5.82 Å². The summed E-state index contributed by atoms with van der Waals surface area (Å²) in [4.78, 5) is 29.6. The van der Waals surface area contributed by atoms with Crippen LogP contribution in [-0.2, 0) is 28.5 Å². The van der Waals surface area contributed by atoms with E-state index in [1.165, 1.54) is 31.3 Å². The van der Waals surface area contributed by atoms with Crippen molar-refractivity contribution in [3.63, 3.8) is 0 Å². The highest BCUT2D eigenvalue weighted by atomic mass is 35.5. The highest BCUT2D eigenvalue weighted by Crippen LogP contribution is 2.38. The molecule has 2 unspecified atom stereocenters. The second-order valence-corrected chi connectivity index (χ2v) is 10.5. The van der Waals surface area contributed by atoms with E-state index >= 15 is 0 Å². The first-order valence-corrected chi connectivity index (χ1v) is 13.0. The van der Waals surface area contributed by atoms with Crippen LogP contribution in [0.3, 0.4) is 0 Å². The van der Waals surface area contributed by atoms with Crippen LogP contribution >= 0.6 is 12.4 Å². The summed E-state index contributed by atoms with van der Waals surface area (Å²) in [6.07, 6.45) is -8.37. The number of piperidine rings is 2. The summed E-state index contributed by atoms with van der Waals surface area (Å²) in [7, 11) is 1.32. The van der Waals surface area contributed by atoms with Gasteiger partial charge in [-0.3, -0.25) is 9.59 Å². The van der Waals surface area contributed by atoms with E-state index in [2.05, 4.69) is 5.32 Å². The third kappa shape index (κ3) is 7.91. The molecule has 5 nitrogen and oxygen atoms in total. The van der Waals surface area contributed by atoms with Gasteiger partial charge in [-0.2, -0.15) is 26.3 Å². The van der Waals surface area contributed by atoms with Crippen LogP contribution in [0.1, 0.15) is 47.4 Å². The summed E-state index contributed by atoms with van der Waals surface area (Å²) >= 11 is 0. The molecular formula is C28H31ClF7N3O2. The lowest BCUT2D eigenvalue weighted by Gasteiger charge is -2.41. The van der Waals surface area contributed by atoms with E-state index in [1.807, 2.05) is 0 Å². The Morgan fingerprint density at radius 3 is 2.02 bits per heavy atom. The Labute approximate surface area is 239 Å². The molecule has 2 aliphatic rings. The zero-order chi connectivity index (χ0) is 29.2. The smallest absolute Gasteiger partial charge is 0.342 e. The van der Waals surface area contributed by atoms with Crippen molar-refractivity contribution in [3.05, 3.63) is 70.5 Å². The van der Waals surface area contributed by atoms with E-state index in [9.17, 15) is 40.3 Å². The van der Waals surface area contributed by atoms with Gasteiger partial charge in [0.15, 0.2) is 0 Å². The van der Waals surface area contributed by atoms with Gasteiger partial charge < -0.3 is 15.1 Å². The Balaban J connectivity index is 0.00000462.